The van der Waals surface area contributed by atoms with Crippen molar-refractivity contribution < 1.29 is 0 Å². The number of hydrogen-bond donors (Lipinski definition) is 0. The number of halogens is 1. The first-order chi connectivity index (χ1) is 11.3. The van der Waals surface area contributed by atoms with Crippen molar-refractivity contribution in [1.29, 1.82) is 0 Å². The average molecular weight is 391 g/mol. The van der Waals surface area contributed by atoms with Crippen LogP contribution < -0.4 is 0 Å². The molecule has 114 valence electrons. The zero-order chi connectivity index (χ0) is 15.6. The molecule has 0 saturated heterocycles. The summed E-state index contributed by atoms with van der Waals surface area (Å²) >= 11 is 0. The lowest BCUT2D eigenvalue weighted by Crippen LogP contribution is -1.80. The van der Waals surface area contributed by atoms with Crippen molar-refractivity contribution in [3.05, 3.63) is 66.7 Å². The van der Waals surface area contributed by atoms with E-state index in [-0.39, 0.29) is 0 Å². The van der Waals surface area contributed by atoms with Crippen molar-refractivity contribution in [2.45, 2.75) is 4.90 Å². The molecule has 0 radical (unpaired) electrons. The molecule has 0 amide bonds. The molecule has 0 atom stereocenters. The fraction of sp³-hybridized carbons (Fsp3) is 0. The van der Waals surface area contributed by atoms with E-state index >= 15 is 0 Å². The molecule has 4 aromatic carbocycles. The van der Waals surface area contributed by atoms with Crippen LogP contribution in [0, 0.1) is 0 Å². The molecule has 0 saturated carbocycles. The Morgan fingerprint density at radius 1 is 0.609 bits per heavy atom. The van der Waals surface area contributed by atoms with Crippen molar-refractivity contribution >= 4 is 83.5 Å². The molecule has 0 aliphatic heterocycles. The SMILES string of the molecule is ClSSSSc1cccc2cc3cc4ccccc4cc3cc12. The third kappa shape index (κ3) is 3.28. The predicted molar refractivity (Wildman–Crippen MR) is 113 cm³/mol. The van der Waals surface area contributed by atoms with E-state index in [0.717, 1.165) is 0 Å². The Bertz CT molecular complexity index is 1000. The van der Waals surface area contributed by atoms with Gasteiger partial charge in [0.25, 0.3) is 0 Å². The first-order valence-electron chi connectivity index (χ1n) is 6.99. The number of hydrogen-bond acceptors (Lipinski definition) is 4. The van der Waals surface area contributed by atoms with Gasteiger partial charge in [-0.1, -0.05) is 36.4 Å². The summed E-state index contributed by atoms with van der Waals surface area (Å²) in [5.74, 6) is 0. The smallest absolute Gasteiger partial charge is 0.0270 e. The van der Waals surface area contributed by atoms with Crippen molar-refractivity contribution in [3.63, 3.8) is 0 Å². The Labute approximate surface area is 154 Å². The Kier molecular flexibility index (Phi) is 4.88. The highest BCUT2D eigenvalue weighted by atomic mass is 35.7. The van der Waals surface area contributed by atoms with Gasteiger partial charge in [0, 0.05) is 24.7 Å². The lowest BCUT2D eigenvalue weighted by atomic mass is 10.00. The zero-order valence-electron chi connectivity index (χ0n) is 11.9. The lowest BCUT2D eigenvalue weighted by Gasteiger charge is -2.08. The molecule has 4 aromatic rings. The first-order valence-corrected chi connectivity index (χ1v) is 12.6. The Morgan fingerprint density at radius 3 is 2.00 bits per heavy atom. The monoisotopic (exact) mass is 390 g/mol. The molecule has 0 nitrogen and oxygen atoms in total. The van der Waals surface area contributed by atoms with Crippen molar-refractivity contribution in [1.82, 2.24) is 0 Å². The van der Waals surface area contributed by atoms with Gasteiger partial charge in [0.2, 0.25) is 0 Å². The molecule has 0 fully saturated rings. The summed E-state index contributed by atoms with van der Waals surface area (Å²) in [6.07, 6.45) is 0. The number of benzene rings is 4. The summed E-state index contributed by atoms with van der Waals surface area (Å²) in [5, 5.41) is 7.73. The van der Waals surface area contributed by atoms with Crippen LogP contribution in [-0.4, -0.2) is 0 Å². The summed E-state index contributed by atoms with van der Waals surface area (Å²) in [6.45, 7) is 0. The predicted octanol–water partition coefficient (Wildman–Crippen LogP) is 8.34. The molecule has 23 heavy (non-hydrogen) atoms. The second-order valence-corrected chi connectivity index (χ2v) is 11.4. The van der Waals surface area contributed by atoms with Gasteiger partial charge >= 0.3 is 0 Å². The molecule has 0 aromatic heterocycles. The van der Waals surface area contributed by atoms with Gasteiger partial charge < -0.3 is 0 Å². The molecular formula is C18H11ClS4. The van der Waals surface area contributed by atoms with E-state index in [0.29, 0.717) is 0 Å². The fourth-order valence-corrected chi connectivity index (χ4v) is 8.27. The Morgan fingerprint density at radius 2 is 1.26 bits per heavy atom. The van der Waals surface area contributed by atoms with Gasteiger partial charge in [-0.3, -0.25) is 0 Å². The van der Waals surface area contributed by atoms with Crippen LogP contribution in [0.2, 0.25) is 0 Å². The highest BCUT2D eigenvalue weighted by Gasteiger charge is 2.06. The van der Waals surface area contributed by atoms with Gasteiger partial charge in [-0.2, -0.15) is 0 Å². The zero-order valence-corrected chi connectivity index (χ0v) is 15.9. The molecule has 0 N–H and O–H groups in total. The minimum absolute atomic E-state index is 1.26. The van der Waals surface area contributed by atoms with Crippen LogP contribution >= 0.6 is 51.1 Å². The molecule has 0 spiro atoms. The van der Waals surface area contributed by atoms with Crippen LogP contribution in [0.3, 0.4) is 0 Å². The number of rotatable bonds is 4. The van der Waals surface area contributed by atoms with E-state index in [1.54, 1.807) is 30.4 Å². The summed E-state index contributed by atoms with van der Waals surface area (Å²) in [7, 11) is 12.0. The largest absolute Gasteiger partial charge is 0.0616 e. The van der Waals surface area contributed by atoms with Crippen molar-refractivity contribution in [2.75, 3.05) is 0 Å². The van der Waals surface area contributed by atoms with Gasteiger partial charge in [-0.05, 0) is 94.0 Å². The summed E-state index contributed by atoms with van der Waals surface area (Å²) < 4.78 is 0. The van der Waals surface area contributed by atoms with Gasteiger partial charge in [0.1, 0.15) is 0 Å². The Hall–Kier alpha value is -0.650. The summed E-state index contributed by atoms with van der Waals surface area (Å²) in [5.41, 5.74) is 0. The molecular weight excluding hydrogens is 380 g/mol. The van der Waals surface area contributed by atoms with E-state index in [2.05, 4.69) is 66.7 Å². The van der Waals surface area contributed by atoms with E-state index in [1.807, 2.05) is 0 Å². The van der Waals surface area contributed by atoms with Crippen LogP contribution in [0.25, 0.3) is 32.3 Å². The summed E-state index contributed by atoms with van der Waals surface area (Å²) in [6, 6.07) is 24.1. The van der Waals surface area contributed by atoms with Gasteiger partial charge in [-0.15, -0.1) is 0 Å². The van der Waals surface area contributed by atoms with Crippen molar-refractivity contribution in [3.8, 4) is 0 Å². The van der Waals surface area contributed by atoms with E-state index < -0.39 is 0 Å². The molecule has 0 unspecified atom stereocenters. The molecule has 5 heteroatoms. The van der Waals surface area contributed by atoms with E-state index in [4.69, 9.17) is 10.7 Å². The number of fused-ring (bicyclic) bond motifs is 3. The van der Waals surface area contributed by atoms with Crippen LogP contribution in [0.1, 0.15) is 0 Å². The fourth-order valence-electron chi connectivity index (χ4n) is 2.82. The first kappa shape index (κ1) is 15.9. The maximum absolute atomic E-state index is 5.67. The van der Waals surface area contributed by atoms with Crippen LogP contribution in [0.5, 0.6) is 0 Å². The van der Waals surface area contributed by atoms with E-state index in [1.165, 1.54) is 47.2 Å². The third-order valence-electron chi connectivity index (χ3n) is 3.84. The van der Waals surface area contributed by atoms with Crippen LogP contribution in [-0.2, 0) is 0 Å². The maximum atomic E-state index is 5.67. The van der Waals surface area contributed by atoms with Crippen LogP contribution in [0.4, 0.5) is 0 Å². The molecule has 4 rings (SSSR count). The van der Waals surface area contributed by atoms with Gasteiger partial charge in [-0.25, -0.2) is 0 Å². The molecule has 0 aliphatic rings. The maximum Gasteiger partial charge on any atom is 0.0270 e. The van der Waals surface area contributed by atoms with E-state index in [9.17, 15) is 0 Å². The topological polar surface area (TPSA) is 0 Å². The molecule has 0 aliphatic carbocycles. The third-order valence-corrected chi connectivity index (χ3v) is 10.1. The highest BCUT2D eigenvalue weighted by Crippen LogP contribution is 2.49. The quantitative estimate of drug-likeness (QED) is 0.195. The molecule has 0 bridgehead atoms. The average Bonchev–Trinajstić information content (AvgIpc) is 2.58. The summed E-state index contributed by atoms with van der Waals surface area (Å²) in [4.78, 5) is 1.28. The van der Waals surface area contributed by atoms with Crippen LogP contribution in [0.15, 0.2) is 71.6 Å². The minimum Gasteiger partial charge on any atom is -0.0616 e. The second kappa shape index (κ2) is 7.08. The lowest BCUT2D eigenvalue weighted by molar-refractivity contribution is 1.57. The standard InChI is InChI=1S/C18H11ClS4/c19-21-23-22-20-18-7-3-6-14-10-15-8-12-4-1-2-5-13(12)9-16(15)11-17(14)18/h1-11H. The highest BCUT2D eigenvalue weighted by molar-refractivity contribution is 9.28. The van der Waals surface area contributed by atoms with Gasteiger partial charge in [0.15, 0.2) is 0 Å². The second-order valence-electron chi connectivity index (χ2n) is 5.16. The minimum atomic E-state index is 1.26. The molecule has 0 heterocycles. The Balaban J connectivity index is 1.90. The normalized spacial score (nSPS) is 11.5. The van der Waals surface area contributed by atoms with Gasteiger partial charge in [0.05, 0.1) is 0 Å². The van der Waals surface area contributed by atoms with Crippen molar-refractivity contribution in [2.24, 2.45) is 0 Å².